The Labute approximate surface area is 142 Å². The number of nitrogens with zero attached hydrogens (tertiary/aromatic N) is 1. The van der Waals surface area contributed by atoms with E-state index >= 15 is 0 Å². The summed E-state index contributed by atoms with van der Waals surface area (Å²) in [5, 5.41) is 13.6. The Bertz CT molecular complexity index is 706. The zero-order valence-corrected chi connectivity index (χ0v) is 13.8. The minimum absolute atomic E-state index is 0. The largest absolute Gasteiger partial charge is 0.417 e. The molecule has 1 saturated heterocycles. The molecule has 1 atom stereocenters. The van der Waals surface area contributed by atoms with Gasteiger partial charge >= 0.3 is 6.18 Å². The van der Waals surface area contributed by atoms with Crippen LogP contribution in [0.15, 0.2) is 23.1 Å². The summed E-state index contributed by atoms with van der Waals surface area (Å²) < 4.78 is 65.9. The van der Waals surface area contributed by atoms with E-state index in [-0.39, 0.29) is 18.5 Å². The molecule has 0 saturated carbocycles. The number of rotatable bonds is 4. The van der Waals surface area contributed by atoms with Crippen molar-refractivity contribution in [2.75, 3.05) is 13.1 Å². The van der Waals surface area contributed by atoms with Gasteiger partial charge in [-0.15, -0.1) is 12.4 Å². The molecule has 1 unspecified atom stereocenters. The third-order valence-corrected chi connectivity index (χ3v) is 4.97. The predicted octanol–water partition coefficient (Wildman–Crippen LogP) is 2.07. The van der Waals surface area contributed by atoms with Crippen molar-refractivity contribution in [3.63, 3.8) is 0 Å². The van der Waals surface area contributed by atoms with E-state index in [1.807, 2.05) is 0 Å². The van der Waals surface area contributed by atoms with Crippen LogP contribution in [0.3, 0.4) is 0 Å². The first kappa shape index (κ1) is 20.6. The molecular formula is C12H15ClF3N3O4S. The molecule has 1 fully saturated rings. The van der Waals surface area contributed by atoms with Gasteiger partial charge < -0.3 is 5.32 Å². The number of benzene rings is 1. The fourth-order valence-electron chi connectivity index (χ4n) is 2.32. The molecule has 2 rings (SSSR count). The lowest BCUT2D eigenvalue weighted by molar-refractivity contribution is -0.385. The molecule has 1 aromatic carbocycles. The van der Waals surface area contributed by atoms with Crippen molar-refractivity contribution >= 4 is 28.1 Å². The molecule has 0 aromatic heterocycles. The van der Waals surface area contributed by atoms with Crippen LogP contribution in [0.5, 0.6) is 0 Å². The van der Waals surface area contributed by atoms with Crippen molar-refractivity contribution in [2.24, 2.45) is 0 Å². The number of nitro benzene ring substituents is 1. The first-order valence-electron chi connectivity index (χ1n) is 6.70. The summed E-state index contributed by atoms with van der Waals surface area (Å²) in [7, 11) is -4.45. The second kappa shape index (κ2) is 7.64. The maximum absolute atomic E-state index is 13.1. The van der Waals surface area contributed by atoms with Crippen LogP contribution in [-0.4, -0.2) is 32.5 Å². The molecule has 0 bridgehead atoms. The SMILES string of the molecule is Cl.O=[N+]([O-])c1ccc(S(=O)(=O)NC2CCCNC2)c(C(F)(F)F)c1. The van der Waals surface area contributed by atoms with Crippen LogP contribution in [0.25, 0.3) is 0 Å². The number of hydrogen-bond donors (Lipinski definition) is 2. The Balaban J connectivity index is 0.00000288. The van der Waals surface area contributed by atoms with E-state index in [2.05, 4.69) is 10.0 Å². The molecule has 2 N–H and O–H groups in total. The third kappa shape index (κ3) is 4.79. The maximum Gasteiger partial charge on any atom is 0.417 e. The lowest BCUT2D eigenvalue weighted by atomic mass is 10.1. The Morgan fingerprint density at radius 1 is 1.33 bits per heavy atom. The Kier molecular flexibility index (Phi) is 6.56. The van der Waals surface area contributed by atoms with Gasteiger partial charge in [0.25, 0.3) is 5.69 Å². The molecule has 24 heavy (non-hydrogen) atoms. The van der Waals surface area contributed by atoms with Crippen LogP contribution >= 0.6 is 12.4 Å². The van der Waals surface area contributed by atoms with Crippen molar-refractivity contribution < 1.29 is 26.5 Å². The molecule has 0 spiro atoms. The van der Waals surface area contributed by atoms with Gasteiger partial charge in [0.2, 0.25) is 10.0 Å². The number of alkyl halides is 3. The van der Waals surface area contributed by atoms with Crippen LogP contribution in [0.2, 0.25) is 0 Å². The molecule has 136 valence electrons. The molecule has 1 aliphatic rings. The highest BCUT2D eigenvalue weighted by atomic mass is 35.5. The van der Waals surface area contributed by atoms with E-state index < -0.39 is 43.3 Å². The van der Waals surface area contributed by atoms with E-state index in [4.69, 9.17) is 0 Å². The van der Waals surface area contributed by atoms with Gasteiger partial charge in [0.05, 0.1) is 15.4 Å². The van der Waals surface area contributed by atoms with E-state index in [1.165, 1.54) is 0 Å². The minimum Gasteiger partial charge on any atom is -0.315 e. The van der Waals surface area contributed by atoms with Gasteiger partial charge in [-0.1, -0.05) is 0 Å². The lowest BCUT2D eigenvalue weighted by Crippen LogP contribution is -2.45. The van der Waals surface area contributed by atoms with E-state index in [0.29, 0.717) is 32.0 Å². The number of halogens is 4. The summed E-state index contributed by atoms with van der Waals surface area (Å²) in [5.74, 6) is 0. The Morgan fingerprint density at radius 3 is 2.50 bits per heavy atom. The number of hydrogen-bond acceptors (Lipinski definition) is 5. The summed E-state index contributed by atoms with van der Waals surface area (Å²) >= 11 is 0. The van der Waals surface area contributed by atoms with Gasteiger partial charge in [0.15, 0.2) is 0 Å². The highest BCUT2D eigenvalue weighted by Crippen LogP contribution is 2.36. The van der Waals surface area contributed by atoms with E-state index in [1.54, 1.807) is 0 Å². The molecule has 0 aliphatic carbocycles. The summed E-state index contributed by atoms with van der Waals surface area (Å²) in [6, 6.07) is 1.06. The number of sulfonamides is 1. The molecule has 12 heteroatoms. The van der Waals surface area contributed by atoms with Crippen molar-refractivity contribution in [1.29, 1.82) is 0 Å². The van der Waals surface area contributed by atoms with Crippen LogP contribution in [-0.2, 0) is 16.2 Å². The van der Waals surface area contributed by atoms with Gasteiger partial charge in [-0.25, -0.2) is 13.1 Å². The molecule has 0 radical (unpaired) electrons. The average Bonchev–Trinajstić information content (AvgIpc) is 2.46. The van der Waals surface area contributed by atoms with E-state index in [9.17, 15) is 31.7 Å². The fraction of sp³-hybridized carbons (Fsp3) is 0.500. The Hall–Kier alpha value is -1.43. The standard InChI is InChI=1S/C12H14F3N3O4S.ClH/c13-12(14,15)10-6-9(18(19)20)3-4-11(10)23(21,22)17-8-2-1-5-16-7-8;/h3-4,6,8,16-17H,1-2,5,7H2;1H. The number of nitrogens with one attached hydrogen (secondary N) is 2. The molecule has 1 heterocycles. The van der Waals surface area contributed by atoms with Crippen LogP contribution < -0.4 is 10.0 Å². The van der Waals surface area contributed by atoms with Gasteiger partial charge in [0, 0.05) is 24.7 Å². The molecule has 7 nitrogen and oxygen atoms in total. The van der Waals surface area contributed by atoms with Crippen LogP contribution in [0, 0.1) is 10.1 Å². The van der Waals surface area contributed by atoms with Gasteiger partial charge in [-0.2, -0.15) is 13.2 Å². The van der Waals surface area contributed by atoms with Crippen molar-refractivity contribution in [3.05, 3.63) is 33.9 Å². The second-order valence-electron chi connectivity index (χ2n) is 5.10. The quantitative estimate of drug-likeness (QED) is 0.606. The first-order chi connectivity index (χ1) is 10.6. The highest BCUT2D eigenvalue weighted by molar-refractivity contribution is 7.89. The molecule has 1 aliphatic heterocycles. The average molecular weight is 390 g/mol. The summed E-state index contributed by atoms with van der Waals surface area (Å²) in [5.41, 5.74) is -2.38. The monoisotopic (exact) mass is 389 g/mol. The number of piperidine rings is 1. The fourth-order valence-corrected chi connectivity index (χ4v) is 3.80. The zero-order chi connectivity index (χ0) is 17.3. The van der Waals surface area contributed by atoms with Crippen LogP contribution in [0.4, 0.5) is 18.9 Å². The van der Waals surface area contributed by atoms with Gasteiger partial charge in [-0.05, 0) is 25.5 Å². The smallest absolute Gasteiger partial charge is 0.315 e. The zero-order valence-electron chi connectivity index (χ0n) is 12.2. The summed E-state index contributed by atoms with van der Waals surface area (Å²) in [4.78, 5) is 8.60. The van der Waals surface area contributed by atoms with Gasteiger partial charge in [-0.3, -0.25) is 10.1 Å². The maximum atomic E-state index is 13.1. The summed E-state index contributed by atoms with van der Waals surface area (Å²) in [6.45, 7) is 1.02. The second-order valence-corrected chi connectivity index (χ2v) is 6.78. The first-order valence-corrected chi connectivity index (χ1v) is 8.18. The molecular weight excluding hydrogens is 375 g/mol. The van der Waals surface area contributed by atoms with Crippen molar-refractivity contribution in [2.45, 2.75) is 30.0 Å². The Morgan fingerprint density at radius 2 is 2.00 bits per heavy atom. The van der Waals surface area contributed by atoms with Gasteiger partial charge in [0.1, 0.15) is 0 Å². The predicted molar refractivity (Wildman–Crippen MR) is 81.6 cm³/mol. The normalized spacial score (nSPS) is 18.7. The van der Waals surface area contributed by atoms with Crippen molar-refractivity contribution in [3.8, 4) is 0 Å². The minimum atomic E-state index is -5.03. The van der Waals surface area contributed by atoms with Crippen LogP contribution in [0.1, 0.15) is 18.4 Å². The van der Waals surface area contributed by atoms with Crippen molar-refractivity contribution in [1.82, 2.24) is 10.0 Å². The topological polar surface area (TPSA) is 101 Å². The van der Waals surface area contributed by atoms with E-state index in [0.717, 1.165) is 6.07 Å². The third-order valence-electron chi connectivity index (χ3n) is 3.39. The lowest BCUT2D eigenvalue weighted by Gasteiger charge is -2.24. The molecule has 1 aromatic rings. The molecule has 0 amide bonds. The number of non-ortho nitro benzene ring substituents is 1. The number of nitro groups is 1. The summed E-state index contributed by atoms with van der Waals surface area (Å²) in [6.07, 6.45) is -3.83. The highest BCUT2D eigenvalue weighted by Gasteiger charge is 2.39.